The van der Waals surface area contributed by atoms with Crippen LogP contribution in [-0.2, 0) is 4.79 Å². The lowest BCUT2D eigenvalue weighted by atomic mass is 10.1. The Morgan fingerprint density at radius 2 is 2.32 bits per heavy atom. The maximum absolute atomic E-state index is 11.0. The Hall–Kier alpha value is -3.21. The van der Waals surface area contributed by atoms with E-state index in [0.29, 0.717) is 5.13 Å². The Bertz CT molecular complexity index is 820. The van der Waals surface area contributed by atoms with Crippen molar-refractivity contribution in [2.75, 3.05) is 19.1 Å². The number of carboxylic acids is 1. The number of hydrogen-bond donors (Lipinski definition) is 2. The number of thiazole rings is 1. The number of aryl methyl sites for hydroxylation is 1. The molecule has 0 spiro atoms. The van der Waals surface area contributed by atoms with E-state index in [4.69, 9.17) is 14.6 Å². The molecule has 1 aromatic heterocycles. The lowest BCUT2D eigenvalue weighted by Gasteiger charge is -2.11. The minimum absolute atomic E-state index is 0.0296. The molecule has 0 bridgehead atoms. The van der Waals surface area contributed by atoms with Gasteiger partial charge in [-0.3, -0.25) is 15.5 Å². The fourth-order valence-electron chi connectivity index (χ4n) is 1.81. The number of nitrogens with zero attached hydrogens (tertiary/aromatic N) is 3. The van der Waals surface area contributed by atoms with Crippen LogP contribution in [0.4, 0.5) is 10.8 Å². The van der Waals surface area contributed by atoms with Gasteiger partial charge < -0.3 is 14.6 Å². The number of rotatable bonds is 8. The first-order chi connectivity index (χ1) is 11.9. The van der Waals surface area contributed by atoms with Crippen molar-refractivity contribution in [1.82, 2.24) is 4.98 Å². The standard InChI is InChI=1S/C14H14N4O6S/c1-8-7-25-14(16-8)17-15-5-9-3-10(18(21)22)4-11(23-2)13(9)24-6-12(19)20/h3-5,7H,6H2,1-2H3,(H,16,17)(H,19,20). The van der Waals surface area contributed by atoms with Crippen LogP contribution in [0.1, 0.15) is 11.3 Å². The van der Waals surface area contributed by atoms with Crippen molar-refractivity contribution in [3.63, 3.8) is 0 Å². The van der Waals surface area contributed by atoms with Gasteiger partial charge in [-0.25, -0.2) is 9.78 Å². The normalized spacial score (nSPS) is 10.6. The van der Waals surface area contributed by atoms with Crippen LogP contribution in [0.5, 0.6) is 11.5 Å². The predicted octanol–water partition coefficient (Wildman–Crippen LogP) is 2.28. The molecule has 0 aliphatic rings. The van der Waals surface area contributed by atoms with Crippen molar-refractivity contribution in [1.29, 1.82) is 0 Å². The van der Waals surface area contributed by atoms with Gasteiger partial charge in [0, 0.05) is 17.0 Å². The van der Waals surface area contributed by atoms with Gasteiger partial charge in [-0.2, -0.15) is 5.10 Å². The summed E-state index contributed by atoms with van der Waals surface area (Å²) in [5.41, 5.74) is 3.45. The second-order valence-electron chi connectivity index (χ2n) is 4.67. The van der Waals surface area contributed by atoms with Crippen LogP contribution < -0.4 is 14.9 Å². The number of aliphatic carboxylic acids is 1. The first-order valence-electron chi connectivity index (χ1n) is 6.83. The van der Waals surface area contributed by atoms with Gasteiger partial charge in [-0.05, 0) is 6.92 Å². The number of anilines is 1. The highest BCUT2D eigenvalue weighted by molar-refractivity contribution is 7.13. The van der Waals surface area contributed by atoms with E-state index in [1.165, 1.54) is 30.7 Å². The average Bonchev–Trinajstić information content (AvgIpc) is 2.97. The van der Waals surface area contributed by atoms with Gasteiger partial charge in [-0.15, -0.1) is 11.3 Å². The van der Waals surface area contributed by atoms with Gasteiger partial charge in [0.2, 0.25) is 5.13 Å². The molecule has 10 nitrogen and oxygen atoms in total. The molecular weight excluding hydrogens is 352 g/mol. The maximum Gasteiger partial charge on any atom is 0.341 e. The molecule has 2 aromatic rings. The molecule has 2 rings (SSSR count). The first-order valence-corrected chi connectivity index (χ1v) is 7.71. The van der Waals surface area contributed by atoms with Crippen LogP contribution in [0.2, 0.25) is 0 Å². The van der Waals surface area contributed by atoms with Crippen LogP contribution in [0, 0.1) is 17.0 Å². The first kappa shape index (κ1) is 18.1. The maximum atomic E-state index is 11.0. The van der Waals surface area contributed by atoms with E-state index >= 15 is 0 Å². The number of nitrogens with one attached hydrogen (secondary N) is 1. The molecule has 0 atom stereocenters. The quantitative estimate of drug-likeness (QED) is 0.412. The second-order valence-corrected chi connectivity index (χ2v) is 5.53. The van der Waals surface area contributed by atoms with Gasteiger partial charge in [0.25, 0.3) is 5.69 Å². The highest BCUT2D eigenvalue weighted by Crippen LogP contribution is 2.35. The van der Waals surface area contributed by atoms with Gasteiger partial charge in [-0.1, -0.05) is 0 Å². The number of ether oxygens (including phenoxy) is 2. The molecule has 25 heavy (non-hydrogen) atoms. The zero-order valence-electron chi connectivity index (χ0n) is 13.3. The summed E-state index contributed by atoms with van der Waals surface area (Å²) in [6.07, 6.45) is 1.27. The zero-order valence-corrected chi connectivity index (χ0v) is 14.1. The van der Waals surface area contributed by atoms with Crippen molar-refractivity contribution >= 4 is 34.3 Å². The molecule has 0 saturated heterocycles. The van der Waals surface area contributed by atoms with E-state index < -0.39 is 17.5 Å². The van der Waals surface area contributed by atoms with E-state index in [9.17, 15) is 14.9 Å². The Labute approximate surface area is 145 Å². The number of aromatic nitrogens is 1. The Morgan fingerprint density at radius 1 is 1.56 bits per heavy atom. The molecule has 0 aliphatic carbocycles. The van der Waals surface area contributed by atoms with E-state index in [0.717, 1.165) is 11.8 Å². The van der Waals surface area contributed by atoms with Crippen LogP contribution in [0.25, 0.3) is 0 Å². The third-order valence-corrected chi connectivity index (χ3v) is 3.69. The molecule has 0 radical (unpaired) electrons. The number of nitro benzene ring substituents is 1. The molecular formula is C14H14N4O6S. The third-order valence-electron chi connectivity index (χ3n) is 2.82. The summed E-state index contributed by atoms with van der Waals surface area (Å²) in [6, 6.07) is 2.35. The Morgan fingerprint density at radius 3 is 2.88 bits per heavy atom. The fourth-order valence-corrected chi connectivity index (χ4v) is 2.45. The lowest BCUT2D eigenvalue weighted by molar-refractivity contribution is -0.385. The number of hydrogen-bond acceptors (Lipinski definition) is 9. The number of nitro groups is 1. The van der Waals surface area contributed by atoms with E-state index in [-0.39, 0.29) is 22.7 Å². The molecule has 11 heteroatoms. The number of carboxylic acid groups (broad SMARTS) is 1. The van der Waals surface area contributed by atoms with E-state index in [1.54, 1.807) is 0 Å². The van der Waals surface area contributed by atoms with Crippen LogP contribution in [0.3, 0.4) is 0 Å². The molecule has 2 N–H and O–H groups in total. The van der Waals surface area contributed by atoms with Gasteiger partial charge in [0.15, 0.2) is 18.1 Å². The zero-order chi connectivity index (χ0) is 18.4. The van der Waals surface area contributed by atoms with Crippen molar-refractivity contribution in [2.24, 2.45) is 5.10 Å². The number of hydrazone groups is 1. The fraction of sp³-hybridized carbons (Fsp3) is 0.214. The minimum Gasteiger partial charge on any atom is -0.493 e. The predicted molar refractivity (Wildman–Crippen MR) is 90.8 cm³/mol. The van der Waals surface area contributed by atoms with Gasteiger partial charge >= 0.3 is 5.97 Å². The second kappa shape index (κ2) is 8.06. The van der Waals surface area contributed by atoms with Crippen molar-refractivity contribution in [3.8, 4) is 11.5 Å². The molecule has 0 amide bonds. The highest BCUT2D eigenvalue weighted by Gasteiger charge is 2.18. The van der Waals surface area contributed by atoms with E-state index in [2.05, 4.69) is 15.5 Å². The van der Waals surface area contributed by atoms with Crippen LogP contribution in [-0.4, -0.2) is 40.9 Å². The monoisotopic (exact) mass is 366 g/mol. The molecule has 132 valence electrons. The van der Waals surface area contributed by atoms with Crippen molar-refractivity contribution in [3.05, 3.63) is 38.9 Å². The number of non-ortho nitro benzene ring substituents is 1. The Kier molecular flexibility index (Phi) is 5.84. The summed E-state index contributed by atoms with van der Waals surface area (Å²) < 4.78 is 10.2. The molecule has 0 saturated carbocycles. The van der Waals surface area contributed by atoms with Gasteiger partial charge in [0.1, 0.15) is 0 Å². The van der Waals surface area contributed by atoms with Crippen LogP contribution >= 0.6 is 11.3 Å². The Balaban J connectivity index is 2.34. The summed E-state index contributed by atoms with van der Waals surface area (Å²) in [4.78, 5) is 25.3. The minimum atomic E-state index is -1.19. The van der Waals surface area contributed by atoms with Gasteiger partial charge in [0.05, 0.1) is 30.0 Å². The summed E-state index contributed by atoms with van der Waals surface area (Å²) in [5.74, 6) is -1.13. The largest absolute Gasteiger partial charge is 0.493 e. The lowest BCUT2D eigenvalue weighted by Crippen LogP contribution is -2.11. The van der Waals surface area contributed by atoms with E-state index in [1.807, 2.05) is 12.3 Å². The SMILES string of the molecule is COc1cc([N+](=O)[O-])cc(C=NNc2nc(C)cs2)c1OCC(=O)O. The molecule has 0 fully saturated rings. The topological polar surface area (TPSA) is 136 Å². The number of benzene rings is 1. The summed E-state index contributed by atoms with van der Waals surface area (Å²) in [5, 5.41) is 26.1. The summed E-state index contributed by atoms with van der Waals surface area (Å²) in [7, 11) is 1.30. The molecule has 0 unspecified atom stereocenters. The summed E-state index contributed by atoms with van der Waals surface area (Å²) >= 11 is 1.34. The molecule has 0 aliphatic heterocycles. The molecule has 1 aromatic carbocycles. The van der Waals surface area contributed by atoms with Crippen LogP contribution in [0.15, 0.2) is 22.6 Å². The average molecular weight is 366 g/mol. The smallest absolute Gasteiger partial charge is 0.341 e. The highest BCUT2D eigenvalue weighted by atomic mass is 32.1. The van der Waals surface area contributed by atoms with Crippen molar-refractivity contribution < 1.29 is 24.3 Å². The molecule has 1 heterocycles. The third kappa shape index (κ3) is 4.88. The summed E-state index contributed by atoms with van der Waals surface area (Å²) in [6.45, 7) is 1.20. The number of methoxy groups -OCH3 is 1. The van der Waals surface area contributed by atoms with Crippen molar-refractivity contribution in [2.45, 2.75) is 6.92 Å². The number of carbonyl (C=O) groups is 1.